The number of halogens is 3. The van der Waals surface area contributed by atoms with E-state index in [1.54, 1.807) is 24.3 Å². The highest BCUT2D eigenvalue weighted by atomic mass is 35.5. The molecule has 2 nitrogen and oxygen atoms in total. The summed E-state index contributed by atoms with van der Waals surface area (Å²) in [6.07, 6.45) is 0.392. The van der Waals surface area contributed by atoms with Crippen molar-refractivity contribution < 1.29 is 4.39 Å². The van der Waals surface area contributed by atoms with Gasteiger partial charge in [0.05, 0.1) is 11.1 Å². The summed E-state index contributed by atoms with van der Waals surface area (Å²) in [7, 11) is 0. The van der Waals surface area contributed by atoms with E-state index in [4.69, 9.17) is 29.0 Å². The van der Waals surface area contributed by atoms with Crippen LogP contribution in [0.4, 0.5) is 4.39 Å². The van der Waals surface area contributed by atoms with Gasteiger partial charge in [-0.15, -0.1) is 0 Å². The van der Waals surface area contributed by atoms with Gasteiger partial charge in [0.1, 0.15) is 5.82 Å². The zero-order valence-electron chi connectivity index (χ0n) is 10.0. The molecule has 2 aromatic carbocycles. The number of hydrogen-bond acceptors (Lipinski definition) is 2. The topological polar surface area (TPSA) is 38.0 Å². The number of nitrogens with one attached hydrogen (secondary N) is 1. The van der Waals surface area contributed by atoms with Crippen molar-refractivity contribution in [1.82, 2.24) is 5.43 Å². The Bertz CT molecular complexity index is 575. The highest BCUT2D eigenvalue weighted by molar-refractivity contribution is 6.31. The van der Waals surface area contributed by atoms with Crippen molar-refractivity contribution >= 4 is 23.2 Å². The molecule has 0 aliphatic heterocycles. The lowest BCUT2D eigenvalue weighted by Gasteiger charge is -2.17. The molecule has 0 aliphatic rings. The van der Waals surface area contributed by atoms with E-state index in [2.05, 4.69) is 5.43 Å². The molecule has 0 fully saturated rings. The molecule has 0 spiro atoms. The normalized spacial score (nSPS) is 12.4. The molecule has 0 saturated carbocycles. The summed E-state index contributed by atoms with van der Waals surface area (Å²) in [4.78, 5) is 0. The number of hydrogen-bond donors (Lipinski definition) is 2. The molecule has 3 N–H and O–H groups in total. The molecule has 1 unspecified atom stereocenters. The molecule has 19 heavy (non-hydrogen) atoms. The highest BCUT2D eigenvalue weighted by Crippen LogP contribution is 2.24. The van der Waals surface area contributed by atoms with E-state index in [1.807, 2.05) is 12.1 Å². The lowest BCUT2D eigenvalue weighted by atomic mass is 9.99. The maximum Gasteiger partial charge on any atom is 0.145 e. The fourth-order valence-electron chi connectivity index (χ4n) is 1.92. The van der Waals surface area contributed by atoms with E-state index in [0.29, 0.717) is 17.0 Å². The summed E-state index contributed by atoms with van der Waals surface area (Å²) in [5, 5.41) is 0.726. The van der Waals surface area contributed by atoms with E-state index in [9.17, 15) is 4.39 Å². The van der Waals surface area contributed by atoms with Gasteiger partial charge in [0.2, 0.25) is 0 Å². The minimum absolute atomic E-state index is 0.111. The summed E-state index contributed by atoms with van der Waals surface area (Å²) < 4.78 is 13.9. The lowest BCUT2D eigenvalue weighted by Crippen LogP contribution is -2.29. The molecule has 0 heterocycles. The third-order valence-corrected chi connectivity index (χ3v) is 3.43. The standard InChI is InChI=1S/C14H13Cl2FN2/c15-11-5-1-3-9(7-11)13(19-18)8-10-4-2-6-12(16)14(10)17/h1-7,13,19H,8,18H2. The average Bonchev–Trinajstić information content (AvgIpc) is 2.40. The van der Waals surface area contributed by atoms with Gasteiger partial charge < -0.3 is 0 Å². The molecule has 0 amide bonds. The van der Waals surface area contributed by atoms with Crippen molar-refractivity contribution in [3.05, 3.63) is 69.5 Å². The summed E-state index contributed by atoms with van der Waals surface area (Å²) in [5.41, 5.74) is 4.08. The van der Waals surface area contributed by atoms with Crippen LogP contribution in [0.5, 0.6) is 0 Å². The molecular weight excluding hydrogens is 286 g/mol. The van der Waals surface area contributed by atoms with Crippen LogP contribution in [0, 0.1) is 5.82 Å². The van der Waals surface area contributed by atoms with Gasteiger partial charge in [-0.2, -0.15) is 0 Å². The first-order chi connectivity index (χ1) is 9.11. The van der Waals surface area contributed by atoms with Crippen LogP contribution in [0.2, 0.25) is 10.0 Å². The first-order valence-electron chi connectivity index (χ1n) is 5.76. The Labute approximate surface area is 121 Å². The number of hydrazine groups is 1. The second-order valence-corrected chi connectivity index (χ2v) is 5.03. The smallest absolute Gasteiger partial charge is 0.145 e. The molecule has 1 atom stereocenters. The number of benzene rings is 2. The molecule has 0 radical (unpaired) electrons. The van der Waals surface area contributed by atoms with Crippen molar-refractivity contribution in [3.63, 3.8) is 0 Å². The van der Waals surface area contributed by atoms with Crippen molar-refractivity contribution in [3.8, 4) is 0 Å². The van der Waals surface area contributed by atoms with Gasteiger partial charge in [0, 0.05) is 5.02 Å². The Morgan fingerprint density at radius 3 is 2.58 bits per heavy atom. The molecule has 0 aromatic heterocycles. The van der Waals surface area contributed by atoms with Gasteiger partial charge in [0.15, 0.2) is 0 Å². The van der Waals surface area contributed by atoms with Crippen LogP contribution in [-0.4, -0.2) is 0 Å². The lowest BCUT2D eigenvalue weighted by molar-refractivity contribution is 0.529. The Morgan fingerprint density at radius 1 is 1.16 bits per heavy atom. The van der Waals surface area contributed by atoms with Crippen LogP contribution in [0.1, 0.15) is 17.2 Å². The molecule has 5 heteroatoms. The van der Waals surface area contributed by atoms with Gasteiger partial charge in [-0.3, -0.25) is 11.3 Å². The molecule has 0 aliphatic carbocycles. The molecule has 2 rings (SSSR count). The van der Waals surface area contributed by atoms with Crippen molar-refractivity contribution in [1.29, 1.82) is 0 Å². The average molecular weight is 299 g/mol. The second kappa shape index (κ2) is 6.35. The predicted octanol–water partition coefficient (Wildman–Crippen LogP) is 3.88. The minimum atomic E-state index is -0.411. The minimum Gasteiger partial charge on any atom is -0.271 e. The van der Waals surface area contributed by atoms with Crippen LogP contribution >= 0.6 is 23.2 Å². The third kappa shape index (κ3) is 3.45. The SMILES string of the molecule is NNC(Cc1cccc(Cl)c1F)c1cccc(Cl)c1. The Morgan fingerprint density at radius 2 is 1.89 bits per heavy atom. The van der Waals surface area contributed by atoms with Crippen molar-refractivity contribution in [2.45, 2.75) is 12.5 Å². The molecule has 2 aromatic rings. The monoisotopic (exact) mass is 298 g/mol. The zero-order chi connectivity index (χ0) is 13.8. The molecule has 100 valence electrons. The molecule has 0 saturated heterocycles. The number of nitrogens with two attached hydrogens (primary N) is 1. The fraction of sp³-hybridized carbons (Fsp3) is 0.143. The summed E-state index contributed by atoms with van der Waals surface area (Å²) in [5.74, 6) is 5.13. The second-order valence-electron chi connectivity index (χ2n) is 4.19. The summed E-state index contributed by atoms with van der Waals surface area (Å²) in [6.45, 7) is 0. The van der Waals surface area contributed by atoms with Gasteiger partial charge in [0.25, 0.3) is 0 Å². The Balaban J connectivity index is 2.26. The van der Waals surface area contributed by atoms with Crippen LogP contribution in [0.3, 0.4) is 0 Å². The van der Waals surface area contributed by atoms with Crippen LogP contribution in [-0.2, 0) is 6.42 Å². The van der Waals surface area contributed by atoms with Crippen molar-refractivity contribution in [2.24, 2.45) is 5.84 Å². The van der Waals surface area contributed by atoms with Gasteiger partial charge in [-0.1, -0.05) is 47.5 Å². The summed E-state index contributed by atoms with van der Waals surface area (Å²) >= 11 is 11.7. The van der Waals surface area contributed by atoms with E-state index in [1.165, 1.54) is 6.07 Å². The van der Waals surface area contributed by atoms with E-state index in [0.717, 1.165) is 5.56 Å². The quantitative estimate of drug-likeness (QED) is 0.664. The maximum absolute atomic E-state index is 13.9. The van der Waals surface area contributed by atoms with Gasteiger partial charge >= 0.3 is 0 Å². The first kappa shape index (κ1) is 14.3. The fourth-order valence-corrected chi connectivity index (χ4v) is 2.32. The van der Waals surface area contributed by atoms with Crippen LogP contribution < -0.4 is 11.3 Å². The van der Waals surface area contributed by atoms with E-state index < -0.39 is 5.82 Å². The van der Waals surface area contributed by atoms with Gasteiger partial charge in [-0.05, 0) is 35.7 Å². The van der Waals surface area contributed by atoms with E-state index >= 15 is 0 Å². The predicted molar refractivity (Wildman–Crippen MR) is 76.6 cm³/mol. The zero-order valence-corrected chi connectivity index (χ0v) is 11.5. The summed E-state index contributed by atoms with van der Waals surface area (Å²) in [6, 6.07) is 12.0. The third-order valence-electron chi connectivity index (χ3n) is 2.91. The van der Waals surface area contributed by atoms with E-state index in [-0.39, 0.29) is 11.1 Å². The Kier molecular flexibility index (Phi) is 4.77. The Hall–Kier alpha value is -1.13. The van der Waals surface area contributed by atoms with Crippen LogP contribution in [0.15, 0.2) is 42.5 Å². The van der Waals surface area contributed by atoms with Crippen LogP contribution in [0.25, 0.3) is 0 Å². The largest absolute Gasteiger partial charge is 0.271 e. The van der Waals surface area contributed by atoms with Gasteiger partial charge in [-0.25, -0.2) is 4.39 Å². The number of rotatable bonds is 4. The maximum atomic E-state index is 13.9. The molecular formula is C14H13Cl2FN2. The molecule has 0 bridgehead atoms. The first-order valence-corrected chi connectivity index (χ1v) is 6.52. The highest BCUT2D eigenvalue weighted by Gasteiger charge is 2.14. The van der Waals surface area contributed by atoms with Crippen molar-refractivity contribution in [2.75, 3.05) is 0 Å².